The monoisotopic (exact) mass is 493 g/mol. The molecule has 34 heavy (non-hydrogen) atoms. The van der Waals surface area contributed by atoms with Crippen molar-refractivity contribution in [2.24, 2.45) is 7.05 Å². The summed E-state index contributed by atoms with van der Waals surface area (Å²) in [6.45, 7) is 7.72. The second-order valence-corrected chi connectivity index (χ2v) is 9.63. The second kappa shape index (κ2) is 9.65. The standard InChI is InChI=1S/C24H30F3N5OS/c1-5-17-13-32(21-20-22(34-14-28-20)30(4)23(33)29-21)18(6-2)12-31(17)19(7-3)15-8-10-16(11-9-15)24(25,26)27/h8-11,14,17-19H,5-7,12-13H2,1-4H3/t17-,18+,19+/m1/s1. The first-order chi connectivity index (χ1) is 16.2. The van der Waals surface area contributed by atoms with Crippen molar-refractivity contribution in [1.82, 2.24) is 19.4 Å². The number of fused-ring (bicyclic) bond motifs is 1. The summed E-state index contributed by atoms with van der Waals surface area (Å²) in [5.74, 6) is 0.631. The van der Waals surface area contributed by atoms with Crippen molar-refractivity contribution >= 4 is 27.5 Å². The van der Waals surface area contributed by atoms with Gasteiger partial charge in [-0.1, -0.05) is 32.9 Å². The maximum absolute atomic E-state index is 13.1. The van der Waals surface area contributed by atoms with Gasteiger partial charge in [-0.05, 0) is 37.0 Å². The Hall–Kier alpha value is -2.46. The number of aromatic nitrogens is 3. The fourth-order valence-electron chi connectivity index (χ4n) is 5.02. The molecule has 1 aliphatic heterocycles. The molecule has 10 heteroatoms. The van der Waals surface area contributed by atoms with Gasteiger partial charge in [-0.3, -0.25) is 9.47 Å². The summed E-state index contributed by atoms with van der Waals surface area (Å²) in [4.78, 5) is 26.9. The maximum atomic E-state index is 13.1. The van der Waals surface area contributed by atoms with Crippen molar-refractivity contribution in [3.05, 3.63) is 51.4 Å². The van der Waals surface area contributed by atoms with E-state index in [9.17, 15) is 18.0 Å². The molecule has 0 spiro atoms. The van der Waals surface area contributed by atoms with Gasteiger partial charge in [0.25, 0.3) is 0 Å². The highest BCUT2D eigenvalue weighted by Gasteiger charge is 2.38. The second-order valence-electron chi connectivity index (χ2n) is 8.80. The number of aryl methyl sites for hydroxylation is 1. The minimum atomic E-state index is -4.34. The summed E-state index contributed by atoms with van der Waals surface area (Å²) in [5.41, 5.74) is 2.45. The van der Waals surface area contributed by atoms with Crippen LogP contribution in [0.5, 0.6) is 0 Å². The summed E-state index contributed by atoms with van der Waals surface area (Å²) in [5, 5.41) is 0. The van der Waals surface area contributed by atoms with Crippen LogP contribution in [0.1, 0.15) is 57.2 Å². The molecule has 4 rings (SSSR count). The molecule has 0 bridgehead atoms. The zero-order valence-corrected chi connectivity index (χ0v) is 20.7. The minimum absolute atomic E-state index is 0.0133. The molecule has 2 aromatic heterocycles. The smallest absolute Gasteiger partial charge is 0.349 e. The zero-order valence-electron chi connectivity index (χ0n) is 19.8. The summed E-state index contributed by atoms with van der Waals surface area (Å²) in [6, 6.07) is 5.85. The van der Waals surface area contributed by atoms with Crippen LogP contribution >= 0.6 is 11.3 Å². The van der Waals surface area contributed by atoms with E-state index in [4.69, 9.17) is 0 Å². The normalized spacial score (nSPS) is 20.7. The Bertz CT molecular complexity index is 1190. The van der Waals surface area contributed by atoms with E-state index in [1.54, 1.807) is 24.7 Å². The Morgan fingerprint density at radius 1 is 1.09 bits per heavy atom. The van der Waals surface area contributed by atoms with Crippen molar-refractivity contribution in [2.45, 2.75) is 64.3 Å². The Balaban J connectivity index is 1.67. The van der Waals surface area contributed by atoms with Crippen LogP contribution < -0.4 is 10.6 Å². The first-order valence-corrected chi connectivity index (χ1v) is 12.6. The average Bonchev–Trinajstić information content (AvgIpc) is 3.32. The van der Waals surface area contributed by atoms with Gasteiger partial charge >= 0.3 is 11.9 Å². The molecule has 184 valence electrons. The molecule has 1 aliphatic rings. The lowest BCUT2D eigenvalue weighted by Gasteiger charge is -2.49. The van der Waals surface area contributed by atoms with Crippen molar-refractivity contribution in [3.63, 3.8) is 0 Å². The van der Waals surface area contributed by atoms with Crippen LogP contribution in [0.3, 0.4) is 0 Å². The third kappa shape index (κ3) is 4.45. The fourth-order valence-corrected chi connectivity index (χ4v) is 5.77. The zero-order chi connectivity index (χ0) is 24.6. The number of halogens is 3. The van der Waals surface area contributed by atoms with Crippen molar-refractivity contribution in [1.29, 1.82) is 0 Å². The van der Waals surface area contributed by atoms with Gasteiger partial charge in [-0.2, -0.15) is 18.2 Å². The summed E-state index contributed by atoms with van der Waals surface area (Å²) in [6.07, 6.45) is -1.83. The molecule has 1 saturated heterocycles. The van der Waals surface area contributed by atoms with Crippen LogP contribution in [-0.4, -0.2) is 44.6 Å². The van der Waals surface area contributed by atoms with Crippen molar-refractivity contribution in [2.75, 3.05) is 18.0 Å². The third-order valence-corrected chi connectivity index (χ3v) is 7.82. The van der Waals surface area contributed by atoms with E-state index in [1.807, 2.05) is 0 Å². The SMILES string of the molecule is CC[C@H]1CN([C@@H](CC)c2ccc(C(F)(F)F)cc2)[C@H](CC)CN1c1nc(=O)n(C)c2scnc12. The van der Waals surface area contributed by atoms with Gasteiger partial charge in [-0.25, -0.2) is 9.78 Å². The Morgan fingerprint density at radius 2 is 1.76 bits per heavy atom. The largest absolute Gasteiger partial charge is 0.416 e. The molecule has 0 amide bonds. The van der Waals surface area contributed by atoms with E-state index in [1.165, 1.54) is 28.0 Å². The number of thiazole rings is 1. The molecule has 3 aromatic rings. The van der Waals surface area contributed by atoms with E-state index in [0.717, 1.165) is 41.7 Å². The molecule has 0 N–H and O–H groups in total. The lowest BCUT2D eigenvalue weighted by Crippen LogP contribution is -2.59. The molecule has 0 unspecified atom stereocenters. The number of anilines is 1. The van der Waals surface area contributed by atoms with Gasteiger partial charge in [0.05, 0.1) is 11.1 Å². The van der Waals surface area contributed by atoms with Crippen molar-refractivity contribution < 1.29 is 13.2 Å². The van der Waals surface area contributed by atoms with E-state index in [0.29, 0.717) is 12.4 Å². The van der Waals surface area contributed by atoms with E-state index >= 15 is 0 Å². The van der Waals surface area contributed by atoms with Gasteiger partial charge in [0.15, 0.2) is 5.82 Å². The third-order valence-electron chi connectivity index (χ3n) is 6.92. The number of alkyl halides is 3. The Labute approximate surface area is 201 Å². The van der Waals surface area contributed by atoms with Crippen LogP contribution in [0.25, 0.3) is 10.3 Å². The van der Waals surface area contributed by atoms with Gasteiger partial charge < -0.3 is 4.90 Å². The Kier molecular flexibility index (Phi) is 7.00. The number of rotatable bonds is 6. The lowest BCUT2D eigenvalue weighted by molar-refractivity contribution is -0.137. The topological polar surface area (TPSA) is 54.3 Å². The molecule has 6 nitrogen and oxygen atoms in total. The average molecular weight is 494 g/mol. The van der Waals surface area contributed by atoms with Gasteiger partial charge in [0.2, 0.25) is 0 Å². The highest BCUT2D eigenvalue weighted by atomic mass is 32.1. The minimum Gasteiger partial charge on any atom is -0.349 e. The highest BCUT2D eigenvalue weighted by Crippen LogP contribution is 2.36. The van der Waals surface area contributed by atoms with Gasteiger partial charge in [0.1, 0.15) is 10.3 Å². The van der Waals surface area contributed by atoms with Crippen LogP contribution in [0.4, 0.5) is 19.0 Å². The first-order valence-electron chi connectivity index (χ1n) is 11.7. The van der Waals surface area contributed by atoms with E-state index < -0.39 is 11.7 Å². The first kappa shape index (κ1) is 24.7. The molecule has 3 atom stereocenters. The van der Waals surface area contributed by atoms with Crippen LogP contribution in [0, 0.1) is 0 Å². The maximum Gasteiger partial charge on any atom is 0.416 e. The van der Waals surface area contributed by atoms with Crippen LogP contribution in [0.15, 0.2) is 34.6 Å². The fraction of sp³-hybridized carbons (Fsp3) is 0.542. The molecule has 1 fully saturated rings. The quantitative estimate of drug-likeness (QED) is 0.470. The summed E-state index contributed by atoms with van der Waals surface area (Å²) in [7, 11) is 1.71. The van der Waals surface area contributed by atoms with E-state index in [2.05, 4.69) is 40.5 Å². The molecule has 0 saturated carbocycles. The predicted molar refractivity (Wildman–Crippen MR) is 129 cm³/mol. The van der Waals surface area contributed by atoms with Crippen LogP contribution in [-0.2, 0) is 13.2 Å². The van der Waals surface area contributed by atoms with Gasteiger partial charge in [-0.15, -0.1) is 11.3 Å². The van der Waals surface area contributed by atoms with Crippen molar-refractivity contribution in [3.8, 4) is 0 Å². The lowest BCUT2D eigenvalue weighted by atomic mass is 9.94. The summed E-state index contributed by atoms with van der Waals surface area (Å²) >= 11 is 1.43. The molecule has 1 aromatic carbocycles. The molecule has 3 heterocycles. The van der Waals surface area contributed by atoms with Gasteiger partial charge in [0, 0.05) is 38.3 Å². The molecule has 0 radical (unpaired) electrons. The molecular weight excluding hydrogens is 463 g/mol. The van der Waals surface area contributed by atoms with E-state index in [-0.39, 0.29) is 23.8 Å². The molecular formula is C24H30F3N5OS. The highest BCUT2D eigenvalue weighted by molar-refractivity contribution is 7.16. The Morgan fingerprint density at radius 3 is 2.35 bits per heavy atom. The molecule has 0 aliphatic carbocycles. The number of piperazine rings is 1. The number of nitrogens with zero attached hydrogens (tertiary/aromatic N) is 5. The number of benzene rings is 1. The van der Waals surface area contributed by atoms with Crippen LogP contribution in [0.2, 0.25) is 0 Å². The predicted octanol–water partition coefficient (Wildman–Crippen LogP) is 5.24. The number of hydrogen-bond acceptors (Lipinski definition) is 6. The number of hydrogen-bond donors (Lipinski definition) is 0. The summed E-state index contributed by atoms with van der Waals surface area (Å²) < 4.78 is 40.7.